The van der Waals surface area contributed by atoms with Crippen LogP contribution in [0.5, 0.6) is 5.75 Å². The highest BCUT2D eigenvalue weighted by atomic mass is 32.2. The molecule has 0 unspecified atom stereocenters. The Morgan fingerprint density at radius 1 is 1.03 bits per heavy atom. The van der Waals surface area contributed by atoms with Crippen molar-refractivity contribution in [1.29, 1.82) is 0 Å². The number of ether oxygens (including phenoxy) is 1. The third-order valence-electron chi connectivity index (χ3n) is 6.00. The molecule has 1 aliphatic heterocycles. The van der Waals surface area contributed by atoms with Gasteiger partial charge in [0.25, 0.3) is 10.0 Å². The fraction of sp³-hybridized carbons (Fsp3) is 0.435. The van der Waals surface area contributed by atoms with Gasteiger partial charge in [0.15, 0.2) is 0 Å². The maximum Gasteiger partial charge on any atom is 0.264 e. The van der Waals surface area contributed by atoms with Crippen molar-refractivity contribution in [3.05, 3.63) is 42.5 Å². The molecule has 2 fully saturated rings. The molecule has 0 spiro atoms. The van der Waals surface area contributed by atoms with Crippen molar-refractivity contribution < 1.29 is 17.9 Å². The van der Waals surface area contributed by atoms with E-state index in [4.69, 9.17) is 4.74 Å². The first kappa shape index (κ1) is 21.5. The van der Waals surface area contributed by atoms with Gasteiger partial charge in [-0.15, -0.1) is 0 Å². The van der Waals surface area contributed by atoms with Crippen LogP contribution in [-0.2, 0) is 14.8 Å². The monoisotopic (exact) mass is 443 g/mol. The number of carbonyl (C=O) groups is 1. The van der Waals surface area contributed by atoms with Gasteiger partial charge in [-0.1, -0.05) is 6.92 Å². The lowest BCUT2D eigenvalue weighted by atomic mass is 10.1. The summed E-state index contributed by atoms with van der Waals surface area (Å²) in [5, 5.41) is 2.89. The third kappa shape index (κ3) is 4.95. The second kappa shape index (κ2) is 8.78. The van der Waals surface area contributed by atoms with Gasteiger partial charge < -0.3 is 15.0 Å². The van der Waals surface area contributed by atoms with Crippen molar-refractivity contribution in [1.82, 2.24) is 0 Å². The zero-order valence-corrected chi connectivity index (χ0v) is 18.7. The van der Waals surface area contributed by atoms with E-state index in [2.05, 4.69) is 14.9 Å². The van der Waals surface area contributed by atoms with Crippen molar-refractivity contribution in [3.8, 4) is 5.75 Å². The van der Waals surface area contributed by atoms with Crippen LogP contribution in [0.2, 0.25) is 0 Å². The molecule has 166 valence electrons. The predicted molar refractivity (Wildman–Crippen MR) is 122 cm³/mol. The van der Waals surface area contributed by atoms with Crippen molar-refractivity contribution in [3.63, 3.8) is 0 Å². The molecule has 0 bridgehead atoms. The molecule has 4 rings (SSSR count). The fourth-order valence-electron chi connectivity index (χ4n) is 3.99. The van der Waals surface area contributed by atoms with E-state index in [0.717, 1.165) is 38.8 Å². The Labute approximate surface area is 183 Å². The second-order valence-electron chi connectivity index (χ2n) is 8.37. The highest BCUT2D eigenvalue weighted by Gasteiger charge is 2.39. The second-order valence-corrected chi connectivity index (χ2v) is 10.0. The van der Waals surface area contributed by atoms with Gasteiger partial charge in [-0.25, -0.2) is 8.42 Å². The summed E-state index contributed by atoms with van der Waals surface area (Å²) < 4.78 is 34.6. The summed E-state index contributed by atoms with van der Waals surface area (Å²) in [7, 11) is -2.31. The lowest BCUT2D eigenvalue weighted by Crippen LogP contribution is -2.31. The van der Waals surface area contributed by atoms with E-state index in [1.807, 2.05) is 6.92 Å². The summed E-state index contributed by atoms with van der Waals surface area (Å²) in [5.41, 5.74) is 1.62. The Morgan fingerprint density at radius 2 is 1.68 bits per heavy atom. The van der Waals surface area contributed by atoms with Crippen LogP contribution in [0.25, 0.3) is 0 Å². The molecule has 7 nitrogen and oxygen atoms in total. The largest absolute Gasteiger partial charge is 0.497 e. The van der Waals surface area contributed by atoms with E-state index in [-0.39, 0.29) is 16.7 Å². The number of anilines is 3. The van der Waals surface area contributed by atoms with Crippen molar-refractivity contribution in [2.24, 2.45) is 11.8 Å². The molecule has 0 radical (unpaired) electrons. The maximum absolute atomic E-state index is 13.4. The number of piperidine rings is 1. The van der Waals surface area contributed by atoms with Gasteiger partial charge in [0, 0.05) is 30.4 Å². The molecule has 31 heavy (non-hydrogen) atoms. The number of sulfonamides is 1. The standard InChI is InChI=1S/C23H29N3O4S/c1-16-14-20(16)23(27)24-18-8-11-21(26-12-4-3-5-13-26)22(15-18)31(28,29)25-17-6-9-19(30-2)10-7-17/h6-11,15-16,20,25H,3-5,12-14H2,1-2H3,(H,24,27)/t16-,20+/m1/s1. The Hall–Kier alpha value is -2.74. The normalized spacial score (nSPS) is 20.8. The van der Waals surface area contributed by atoms with E-state index in [0.29, 0.717) is 28.7 Å². The van der Waals surface area contributed by atoms with Gasteiger partial charge in [-0.2, -0.15) is 0 Å². The van der Waals surface area contributed by atoms with Crippen LogP contribution in [-0.4, -0.2) is 34.5 Å². The van der Waals surface area contributed by atoms with Crippen LogP contribution in [0.15, 0.2) is 47.4 Å². The lowest BCUT2D eigenvalue weighted by molar-refractivity contribution is -0.117. The van der Waals surface area contributed by atoms with Crippen LogP contribution in [0, 0.1) is 11.8 Å². The third-order valence-corrected chi connectivity index (χ3v) is 7.41. The van der Waals surface area contributed by atoms with Gasteiger partial charge in [-0.3, -0.25) is 9.52 Å². The van der Waals surface area contributed by atoms with E-state index in [1.165, 1.54) is 0 Å². The summed E-state index contributed by atoms with van der Waals surface area (Å²) in [6.07, 6.45) is 4.09. The van der Waals surface area contributed by atoms with Crippen molar-refractivity contribution in [2.75, 3.05) is 35.1 Å². The SMILES string of the molecule is COc1ccc(NS(=O)(=O)c2cc(NC(=O)[C@H]3C[C@H]3C)ccc2N2CCCCC2)cc1. The number of nitrogens with one attached hydrogen (secondary N) is 2. The predicted octanol–water partition coefficient (Wildman–Crippen LogP) is 4.08. The molecule has 2 N–H and O–H groups in total. The topological polar surface area (TPSA) is 87.7 Å². The average Bonchev–Trinajstić information content (AvgIpc) is 3.51. The molecule has 8 heteroatoms. The summed E-state index contributed by atoms with van der Waals surface area (Å²) in [6, 6.07) is 11.9. The number of benzene rings is 2. The summed E-state index contributed by atoms with van der Waals surface area (Å²) in [5.74, 6) is 0.993. The maximum atomic E-state index is 13.4. The highest BCUT2D eigenvalue weighted by molar-refractivity contribution is 7.92. The molecule has 1 amide bonds. The number of nitrogens with zero attached hydrogens (tertiary/aromatic N) is 1. The van der Waals surface area contributed by atoms with E-state index in [9.17, 15) is 13.2 Å². The van der Waals surface area contributed by atoms with Gasteiger partial charge in [0.1, 0.15) is 10.6 Å². The van der Waals surface area contributed by atoms with Gasteiger partial charge in [-0.05, 0) is 74.1 Å². The Morgan fingerprint density at radius 3 is 2.29 bits per heavy atom. The van der Waals surface area contributed by atoms with Crippen LogP contribution >= 0.6 is 0 Å². The van der Waals surface area contributed by atoms with E-state index >= 15 is 0 Å². The Balaban J connectivity index is 1.65. The molecule has 2 aromatic rings. The van der Waals surface area contributed by atoms with Crippen LogP contribution < -0.4 is 19.7 Å². The summed E-state index contributed by atoms with van der Waals surface area (Å²) >= 11 is 0. The first-order valence-electron chi connectivity index (χ1n) is 10.7. The Kier molecular flexibility index (Phi) is 6.09. The number of methoxy groups -OCH3 is 1. The van der Waals surface area contributed by atoms with Crippen molar-refractivity contribution in [2.45, 2.75) is 37.5 Å². The molecule has 0 aromatic heterocycles. The minimum absolute atomic E-state index is 0.0132. The smallest absolute Gasteiger partial charge is 0.264 e. The summed E-state index contributed by atoms with van der Waals surface area (Å²) in [6.45, 7) is 3.67. The fourth-order valence-corrected chi connectivity index (χ4v) is 5.31. The lowest BCUT2D eigenvalue weighted by Gasteiger charge is -2.30. The van der Waals surface area contributed by atoms with Crippen LogP contribution in [0.1, 0.15) is 32.6 Å². The highest BCUT2D eigenvalue weighted by Crippen LogP contribution is 2.39. The molecular formula is C23H29N3O4S. The Bertz CT molecular complexity index is 1050. The summed E-state index contributed by atoms with van der Waals surface area (Å²) in [4.78, 5) is 14.7. The molecule has 2 aromatic carbocycles. The minimum Gasteiger partial charge on any atom is -0.497 e. The molecular weight excluding hydrogens is 414 g/mol. The van der Waals surface area contributed by atoms with Crippen LogP contribution in [0.4, 0.5) is 17.1 Å². The zero-order chi connectivity index (χ0) is 22.0. The van der Waals surface area contributed by atoms with E-state index in [1.54, 1.807) is 49.6 Å². The van der Waals surface area contributed by atoms with Crippen LogP contribution in [0.3, 0.4) is 0 Å². The molecule has 1 heterocycles. The van der Waals surface area contributed by atoms with Gasteiger partial charge >= 0.3 is 0 Å². The molecule has 1 saturated heterocycles. The molecule has 1 saturated carbocycles. The first-order valence-corrected chi connectivity index (χ1v) is 12.2. The quantitative estimate of drug-likeness (QED) is 0.673. The number of carbonyl (C=O) groups excluding carboxylic acids is 1. The number of rotatable bonds is 7. The van der Waals surface area contributed by atoms with Crippen molar-refractivity contribution >= 4 is 33.0 Å². The molecule has 2 atom stereocenters. The minimum atomic E-state index is -3.87. The number of hydrogen-bond acceptors (Lipinski definition) is 5. The van der Waals surface area contributed by atoms with Gasteiger partial charge in [0.05, 0.1) is 12.8 Å². The average molecular weight is 444 g/mol. The first-order chi connectivity index (χ1) is 14.9. The number of hydrogen-bond donors (Lipinski definition) is 2. The molecule has 2 aliphatic rings. The molecule has 1 aliphatic carbocycles. The zero-order valence-electron chi connectivity index (χ0n) is 17.9. The number of amides is 1. The van der Waals surface area contributed by atoms with E-state index < -0.39 is 10.0 Å². The van der Waals surface area contributed by atoms with Gasteiger partial charge in [0.2, 0.25) is 5.91 Å².